The molecule has 0 unspecified atom stereocenters. The lowest BCUT2D eigenvalue weighted by molar-refractivity contribution is 0.507. The van der Waals surface area contributed by atoms with Crippen LogP contribution in [0.3, 0.4) is 0 Å². The summed E-state index contributed by atoms with van der Waals surface area (Å²) in [6, 6.07) is 13.7. The summed E-state index contributed by atoms with van der Waals surface area (Å²) in [5.41, 5.74) is 1.12. The van der Waals surface area contributed by atoms with Gasteiger partial charge in [-0.15, -0.1) is 10.2 Å². The lowest BCUT2D eigenvalue weighted by atomic mass is 10.3. The molecule has 0 amide bonds. The number of aromatic nitrogens is 4. The molecule has 0 bridgehead atoms. The maximum absolute atomic E-state index is 5.23. The summed E-state index contributed by atoms with van der Waals surface area (Å²) < 4.78 is 5.23. The average Bonchev–Trinajstić information content (AvgIpc) is 3.15. The Morgan fingerprint density at radius 1 is 1.10 bits per heavy atom. The molecule has 1 N–H and O–H groups in total. The molecular weight excluding hydrogens is 254 g/mol. The summed E-state index contributed by atoms with van der Waals surface area (Å²) in [4.78, 5) is 1.59. The van der Waals surface area contributed by atoms with Gasteiger partial charge in [0.25, 0.3) is 0 Å². The van der Waals surface area contributed by atoms with Crippen molar-refractivity contribution in [1.82, 2.24) is 20.2 Å². The number of benzene rings is 1. The minimum Gasteiger partial charge on any atom is -0.461 e. The van der Waals surface area contributed by atoms with Crippen LogP contribution in [0, 0.1) is 0 Å². The Morgan fingerprint density at radius 3 is 2.80 bits per heavy atom. The van der Waals surface area contributed by atoms with Crippen LogP contribution in [0.1, 0.15) is 6.42 Å². The number of furan rings is 1. The second-order valence-corrected chi connectivity index (χ2v) is 4.33. The molecule has 0 aliphatic rings. The van der Waals surface area contributed by atoms with Crippen molar-refractivity contribution in [2.24, 2.45) is 0 Å². The second kappa shape index (κ2) is 6.01. The van der Waals surface area contributed by atoms with E-state index in [1.807, 2.05) is 36.4 Å². The molecule has 0 aliphatic heterocycles. The minimum atomic E-state index is 0.519. The fourth-order valence-electron chi connectivity index (χ4n) is 1.85. The molecule has 3 rings (SSSR count). The van der Waals surface area contributed by atoms with Crippen molar-refractivity contribution in [2.45, 2.75) is 13.0 Å². The second-order valence-electron chi connectivity index (χ2n) is 4.33. The summed E-state index contributed by atoms with van der Waals surface area (Å²) >= 11 is 0. The molecule has 2 aromatic heterocycles. The van der Waals surface area contributed by atoms with Crippen molar-refractivity contribution in [1.29, 1.82) is 0 Å². The number of nitrogens with zero attached hydrogens (tertiary/aromatic N) is 4. The molecule has 0 saturated carbocycles. The van der Waals surface area contributed by atoms with E-state index < -0.39 is 0 Å². The number of rotatable bonds is 6. The number of hydrogen-bond donors (Lipinski definition) is 1. The summed E-state index contributed by atoms with van der Waals surface area (Å²) in [7, 11) is 0. The van der Waals surface area contributed by atoms with Crippen LogP contribution < -0.4 is 5.32 Å². The van der Waals surface area contributed by atoms with Crippen LogP contribution >= 0.6 is 0 Å². The number of para-hydroxylation sites is 1. The van der Waals surface area contributed by atoms with E-state index >= 15 is 0 Å². The first-order valence-corrected chi connectivity index (χ1v) is 6.52. The van der Waals surface area contributed by atoms with Gasteiger partial charge in [-0.05, 0) is 35.9 Å². The summed E-state index contributed by atoms with van der Waals surface area (Å²) in [5, 5.41) is 15.6. The highest BCUT2D eigenvalue weighted by Gasteiger charge is 2.07. The molecule has 2 heterocycles. The summed E-state index contributed by atoms with van der Waals surface area (Å²) in [6.45, 7) is 1.58. The highest BCUT2D eigenvalue weighted by atomic mass is 16.3. The Bertz CT molecular complexity index is 633. The number of aryl methyl sites for hydroxylation is 1. The first kappa shape index (κ1) is 12.4. The molecule has 3 aromatic rings. The Balaban J connectivity index is 1.47. The van der Waals surface area contributed by atoms with E-state index in [0.717, 1.165) is 18.7 Å². The quantitative estimate of drug-likeness (QED) is 0.696. The zero-order chi connectivity index (χ0) is 13.6. The van der Waals surface area contributed by atoms with Gasteiger partial charge in [-0.2, -0.15) is 4.80 Å². The van der Waals surface area contributed by atoms with E-state index in [4.69, 9.17) is 4.42 Å². The number of hydrogen-bond acceptors (Lipinski definition) is 5. The van der Waals surface area contributed by atoms with E-state index in [-0.39, 0.29) is 0 Å². The Morgan fingerprint density at radius 2 is 2.00 bits per heavy atom. The Kier molecular flexibility index (Phi) is 3.73. The van der Waals surface area contributed by atoms with E-state index in [1.165, 1.54) is 0 Å². The highest BCUT2D eigenvalue weighted by molar-refractivity contribution is 5.44. The summed E-state index contributed by atoms with van der Waals surface area (Å²) in [6.07, 6.45) is 2.52. The molecule has 0 spiro atoms. The maximum atomic E-state index is 5.23. The van der Waals surface area contributed by atoms with Gasteiger partial charge in [0.2, 0.25) is 5.82 Å². The zero-order valence-electron chi connectivity index (χ0n) is 10.9. The van der Waals surface area contributed by atoms with Crippen molar-refractivity contribution in [3.8, 4) is 11.6 Å². The first-order valence-electron chi connectivity index (χ1n) is 6.52. The van der Waals surface area contributed by atoms with Crippen LogP contribution in [0.2, 0.25) is 0 Å². The number of nitrogens with one attached hydrogen (secondary N) is 1. The molecule has 6 heteroatoms. The van der Waals surface area contributed by atoms with Crippen LogP contribution in [0.4, 0.5) is 5.69 Å². The minimum absolute atomic E-state index is 0.519. The fourth-order valence-corrected chi connectivity index (χ4v) is 1.85. The molecule has 0 atom stereocenters. The van der Waals surface area contributed by atoms with E-state index in [9.17, 15) is 0 Å². The maximum Gasteiger partial charge on any atom is 0.240 e. The van der Waals surface area contributed by atoms with Gasteiger partial charge in [-0.25, -0.2) is 0 Å². The van der Waals surface area contributed by atoms with Crippen LogP contribution in [0.25, 0.3) is 11.6 Å². The van der Waals surface area contributed by atoms with Crippen molar-refractivity contribution >= 4 is 5.69 Å². The molecule has 20 heavy (non-hydrogen) atoms. The largest absolute Gasteiger partial charge is 0.461 e. The molecule has 0 fully saturated rings. The third kappa shape index (κ3) is 3.03. The van der Waals surface area contributed by atoms with Crippen molar-refractivity contribution in [2.75, 3.05) is 11.9 Å². The molecule has 0 radical (unpaired) electrons. The molecule has 102 valence electrons. The van der Waals surface area contributed by atoms with Crippen LogP contribution in [0.15, 0.2) is 53.1 Å². The molecular formula is C14H15N5O. The van der Waals surface area contributed by atoms with Gasteiger partial charge in [0, 0.05) is 12.2 Å². The SMILES string of the molecule is c1ccc(NCCCn2nnc(-c3ccco3)n2)cc1. The lowest BCUT2D eigenvalue weighted by Gasteiger charge is -2.04. The Labute approximate surface area is 116 Å². The van der Waals surface area contributed by atoms with Crippen LogP contribution in [-0.2, 0) is 6.54 Å². The molecule has 6 nitrogen and oxygen atoms in total. The Hall–Kier alpha value is -2.63. The predicted molar refractivity (Wildman–Crippen MR) is 75.1 cm³/mol. The summed E-state index contributed by atoms with van der Waals surface area (Å²) in [5.74, 6) is 1.16. The predicted octanol–water partition coefficient (Wildman–Crippen LogP) is 2.44. The number of anilines is 1. The topological polar surface area (TPSA) is 68.8 Å². The van der Waals surface area contributed by atoms with Gasteiger partial charge in [0.15, 0.2) is 5.76 Å². The van der Waals surface area contributed by atoms with E-state index in [2.05, 4.69) is 20.7 Å². The van der Waals surface area contributed by atoms with Crippen molar-refractivity contribution in [3.05, 3.63) is 48.7 Å². The van der Waals surface area contributed by atoms with E-state index in [1.54, 1.807) is 17.1 Å². The van der Waals surface area contributed by atoms with Crippen LogP contribution in [-0.4, -0.2) is 26.8 Å². The van der Waals surface area contributed by atoms with Gasteiger partial charge in [-0.1, -0.05) is 18.2 Å². The molecule has 0 saturated heterocycles. The third-order valence-corrected chi connectivity index (χ3v) is 2.83. The van der Waals surface area contributed by atoms with Gasteiger partial charge in [0.1, 0.15) is 0 Å². The average molecular weight is 269 g/mol. The van der Waals surface area contributed by atoms with Gasteiger partial charge in [0.05, 0.1) is 12.8 Å². The standard InChI is InChI=1S/C14H15N5O/c1-2-6-12(7-3-1)15-9-5-10-19-17-14(16-18-19)13-8-4-11-20-13/h1-4,6-8,11,15H,5,9-10H2. The molecule has 0 aliphatic carbocycles. The monoisotopic (exact) mass is 269 g/mol. The number of tetrazole rings is 1. The van der Waals surface area contributed by atoms with E-state index in [0.29, 0.717) is 18.1 Å². The highest BCUT2D eigenvalue weighted by Crippen LogP contribution is 2.12. The van der Waals surface area contributed by atoms with Gasteiger partial charge >= 0.3 is 0 Å². The van der Waals surface area contributed by atoms with Gasteiger partial charge < -0.3 is 9.73 Å². The normalized spacial score (nSPS) is 10.6. The first-order chi connectivity index (χ1) is 9.92. The van der Waals surface area contributed by atoms with Crippen molar-refractivity contribution in [3.63, 3.8) is 0 Å². The van der Waals surface area contributed by atoms with Gasteiger partial charge in [-0.3, -0.25) is 0 Å². The third-order valence-electron chi connectivity index (χ3n) is 2.83. The smallest absolute Gasteiger partial charge is 0.240 e. The fraction of sp³-hybridized carbons (Fsp3) is 0.214. The van der Waals surface area contributed by atoms with Crippen LogP contribution in [0.5, 0.6) is 0 Å². The van der Waals surface area contributed by atoms with Crippen molar-refractivity contribution < 1.29 is 4.42 Å². The zero-order valence-corrected chi connectivity index (χ0v) is 10.9. The lowest BCUT2D eigenvalue weighted by Crippen LogP contribution is -2.09. The molecule has 1 aromatic carbocycles.